The number of likely N-dealkylation sites (tertiary alicyclic amines) is 1. The van der Waals surface area contributed by atoms with Crippen LogP contribution in [-0.4, -0.2) is 54.0 Å². The minimum absolute atomic E-state index is 0.283. The molecule has 1 saturated heterocycles. The highest BCUT2D eigenvalue weighted by molar-refractivity contribution is 5.80. The molecule has 0 aromatic heterocycles. The highest BCUT2D eigenvalue weighted by atomic mass is 16.2. The van der Waals surface area contributed by atoms with E-state index in [1.165, 1.54) is 18.5 Å². The molecule has 1 N–H and O–H groups in total. The smallest absolute Gasteiger partial charge is 0.240 e. The highest BCUT2D eigenvalue weighted by Gasteiger charge is 2.24. The van der Waals surface area contributed by atoms with Gasteiger partial charge in [-0.15, -0.1) is 0 Å². The lowest BCUT2D eigenvalue weighted by molar-refractivity contribution is -0.130. The van der Waals surface area contributed by atoms with Crippen LogP contribution in [0.3, 0.4) is 0 Å². The third-order valence-corrected chi connectivity index (χ3v) is 4.75. The van der Waals surface area contributed by atoms with E-state index in [0.29, 0.717) is 18.6 Å². The van der Waals surface area contributed by atoms with Crippen LogP contribution in [0.5, 0.6) is 0 Å². The quantitative estimate of drug-likeness (QED) is 0.819. The first-order valence-electron chi connectivity index (χ1n) is 9.08. The van der Waals surface area contributed by atoms with Crippen molar-refractivity contribution in [2.24, 2.45) is 0 Å². The lowest BCUT2D eigenvalue weighted by atomic mass is 10.0. The number of nitrogens with one attached hydrogen (secondary N) is 1. The van der Waals surface area contributed by atoms with Gasteiger partial charge in [-0.3, -0.25) is 9.69 Å². The van der Waals surface area contributed by atoms with E-state index in [9.17, 15) is 4.79 Å². The Morgan fingerprint density at radius 3 is 2.64 bits per heavy atom. The molecule has 1 aliphatic heterocycles. The van der Waals surface area contributed by atoms with Gasteiger partial charge in [0.25, 0.3) is 0 Å². The number of hydrogen-bond donors (Lipinski definition) is 1. The molecule has 126 valence electrons. The minimum Gasteiger partial charge on any atom is -0.316 e. The molecule has 0 saturated carbocycles. The standard InChI is InChI=1S/C18H33N3O/c1-4-21(17-8-6-5-7-9-17)18(22)14-20-12-10-16(11-13-20)19-15(2)3/h8,15-16,19H,4-7,9-14H2,1-3H3. The van der Waals surface area contributed by atoms with Crippen molar-refractivity contribution >= 4 is 5.91 Å². The molecule has 1 aliphatic carbocycles. The molecule has 4 heteroatoms. The lowest BCUT2D eigenvalue weighted by Gasteiger charge is -2.35. The predicted molar refractivity (Wildman–Crippen MR) is 91.7 cm³/mol. The molecule has 1 amide bonds. The van der Waals surface area contributed by atoms with E-state index in [1.807, 2.05) is 4.90 Å². The van der Waals surface area contributed by atoms with Crippen LogP contribution in [0, 0.1) is 0 Å². The Labute approximate surface area is 135 Å². The van der Waals surface area contributed by atoms with E-state index in [1.54, 1.807) is 0 Å². The average molecular weight is 307 g/mol. The monoisotopic (exact) mass is 307 g/mol. The topological polar surface area (TPSA) is 35.6 Å². The van der Waals surface area contributed by atoms with E-state index in [0.717, 1.165) is 45.3 Å². The first kappa shape index (κ1) is 17.5. The van der Waals surface area contributed by atoms with Gasteiger partial charge in [0.2, 0.25) is 5.91 Å². The van der Waals surface area contributed by atoms with Gasteiger partial charge in [0, 0.05) is 37.4 Å². The molecular formula is C18H33N3O. The van der Waals surface area contributed by atoms with Gasteiger partial charge in [-0.05, 0) is 45.4 Å². The van der Waals surface area contributed by atoms with Crippen LogP contribution in [0.4, 0.5) is 0 Å². The minimum atomic E-state index is 0.283. The molecule has 4 nitrogen and oxygen atoms in total. The Morgan fingerprint density at radius 1 is 1.36 bits per heavy atom. The second-order valence-corrected chi connectivity index (χ2v) is 6.95. The maximum Gasteiger partial charge on any atom is 0.240 e. The molecule has 0 atom stereocenters. The molecule has 22 heavy (non-hydrogen) atoms. The van der Waals surface area contributed by atoms with Gasteiger partial charge in [-0.25, -0.2) is 0 Å². The van der Waals surface area contributed by atoms with Crippen LogP contribution in [0.25, 0.3) is 0 Å². The van der Waals surface area contributed by atoms with Crippen LogP contribution in [0.2, 0.25) is 0 Å². The molecule has 0 bridgehead atoms. The third-order valence-electron chi connectivity index (χ3n) is 4.75. The number of allylic oxidation sites excluding steroid dienone is 2. The second-order valence-electron chi connectivity index (χ2n) is 6.95. The van der Waals surface area contributed by atoms with Crippen molar-refractivity contribution < 1.29 is 4.79 Å². The fourth-order valence-electron chi connectivity index (χ4n) is 3.61. The first-order chi connectivity index (χ1) is 10.6. The summed E-state index contributed by atoms with van der Waals surface area (Å²) in [5.41, 5.74) is 1.26. The Bertz CT molecular complexity index is 384. The van der Waals surface area contributed by atoms with Crippen molar-refractivity contribution in [2.75, 3.05) is 26.2 Å². The normalized spacial score (nSPS) is 21.0. The molecule has 2 aliphatic rings. The molecule has 0 aromatic carbocycles. The van der Waals surface area contributed by atoms with E-state index in [-0.39, 0.29) is 5.91 Å². The molecular weight excluding hydrogens is 274 g/mol. The van der Waals surface area contributed by atoms with Crippen molar-refractivity contribution in [2.45, 2.75) is 71.4 Å². The zero-order valence-corrected chi connectivity index (χ0v) is 14.6. The Kier molecular flexibility index (Phi) is 6.90. The van der Waals surface area contributed by atoms with Crippen molar-refractivity contribution in [3.63, 3.8) is 0 Å². The fraction of sp³-hybridized carbons (Fsp3) is 0.833. The van der Waals surface area contributed by atoms with Gasteiger partial charge >= 0.3 is 0 Å². The maximum atomic E-state index is 12.6. The number of carbonyl (C=O) groups excluding carboxylic acids is 1. The highest BCUT2D eigenvalue weighted by Crippen LogP contribution is 2.21. The largest absolute Gasteiger partial charge is 0.316 e. The predicted octanol–water partition coefficient (Wildman–Crippen LogP) is 2.76. The Hall–Kier alpha value is -0.870. The van der Waals surface area contributed by atoms with Gasteiger partial charge in [-0.2, -0.15) is 0 Å². The number of rotatable bonds is 6. The van der Waals surface area contributed by atoms with Crippen LogP contribution in [0.1, 0.15) is 59.3 Å². The van der Waals surface area contributed by atoms with Crippen molar-refractivity contribution in [1.82, 2.24) is 15.1 Å². The third kappa shape index (κ3) is 5.10. The molecule has 0 spiro atoms. The summed E-state index contributed by atoms with van der Waals surface area (Å²) in [6, 6.07) is 1.17. The summed E-state index contributed by atoms with van der Waals surface area (Å²) >= 11 is 0. The van der Waals surface area contributed by atoms with Crippen LogP contribution < -0.4 is 5.32 Å². The molecule has 1 heterocycles. The van der Waals surface area contributed by atoms with Gasteiger partial charge in [0.1, 0.15) is 0 Å². The van der Waals surface area contributed by atoms with E-state index >= 15 is 0 Å². The number of piperidine rings is 1. The second kappa shape index (κ2) is 8.68. The summed E-state index contributed by atoms with van der Waals surface area (Å²) in [6.07, 6.45) is 9.27. The summed E-state index contributed by atoms with van der Waals surface area (Å²) in [7, 11) is 0. The average Bonchev–Trinajstić information content (AvgIpc) is 2.50. The maximum absolute atomic E-state index is 12.6. The summed E-state index contributed by atoms with van der Waals surface area (Å²) in [5.74, 6) is 0.283. The molecule has 0 aromatic rings. The zero-order chi connectivity index (χ0) is 15.9. The SMILES string of the molecule is CCN(C(=O)CN1CCC(NC(C)C)CC1)C1=CCCCC1. The van der Waals surface area contributed by atoms with Crippen LogP contribution in [0.15, 0.2) is 11.8 Å². The van der Waals surface area contributed by atoms with Gasteiger partial charge < -0.3 is 10.2 Å². The number of carbonyl (C=O) groups is 1. The molecule has 0 unspecified atom stereocenters. The van der Waals surface area contributed by atoms with Gasteiger partial charge in [0.15, 0.2) is 0 Å². The lowest BCUT2D eigenvalue weighted by Crippen LogP contribution is -2.48. The Balaban J connectivity index is 1.80. The number of likely N-dealkylation sites (N-methyl/N-ethyl adjacent to an activating group) is 1. The van der Waals surface area contributed by atoms with Crippen molar-refractivity contribution in [3.05, 3.63) is 11.8 Å². The van der Waals surface area contributed by atoms with Gasteiger partial charge in [0.05, 0.1) is 6.54 Å². The van der Waals surface area contributed by atoms with Crippen LogP contribution >= 0.6 is 0 Å². The first-order valence-corrected chi connectivity index (χ1v) is 9.08. The van der Waals surface area contributed by atoms with Crippen molar-refractivity contribution in [3.8, 4) is 0 Å². The van der Waals surface area contributed by atoms with E-state index < -0.39 is 0 Å². The zero-order valence-electron chi connectivity index (χ0n) is 14.6. The number of nitrogens with zero attached hydrogens (tertiary/aromatic N) is 2. The summed E-state index contributed by atoms with van der Waals surface area (Å²) in [5, 5.41) is 3.61. The molecule has 2 rings (SSSR count). The van der Waals surface area contributed by atoms with E-state index in [4.69, 9.17) is 0 Å². The Morgan fingerprint density at radius 2 is 2.09 bits per heavy atom. The van der Waals surface area contributed by atoms with Crippen LogP contribution in [-0.2, 0) is 4.79 Å². The summed E-state index contributed by atoms with van der Waals surface area (Å²) in [6.45, 7) is 9.95. The number of hydrogen-bond acceptors (Lipinski definition) is 3. The summed E-state index contributed by atoms with van der Waals surface area (Å²) < 4.78 is 0. The molecule has 0 radical (unpaired) electrons. The fourth-order valence-corrected chi connectivity index (χ4v) is 3.61. The van der Waals surface area contributed by atoms with E-state index in [2.05, 4.69) is 37.1 Å². The molecule has 1 fully saturated rings. The van der Waals surface area contributed by atoms with Crippen molar-refractivity contribution in [1.29, 1.82) is 0 Å². The van der Waals surface area contributed by atoms with Gasteiger partial charge in [-0.1, -0.05) is 19.9 Å². The number of amides is 1. The summed E-state index contributed by atoms with van der Waals surface area (Å²) in [4.78, 5) is 17.0.